The Kier molecular flexibility index (Phi) is 18.8. The number of carboxylic acids is 2. The van der Waals surface area contributed by atoms with E-state index in [0.29, 0.717) is 12.8 Å². The molecule has 0 atom stereocenters. The van der Waals surface area contributed by atoms with E-state index in [1.807, 2.05) is 6.92 Å². The molecule has 0 unspecified atom stereocenters. The Morgan fingerprint density at radius 3 is 1.65 bits per heavy atom. The molecule has 0 fully saturated rings. The maximum atomic E-state index is 10.9. The Morgan fingerprint density at radius 1 is 0.882 bits per heavy atom. The van der Waals surface area contributed by atoms with E-state index >= 15 is 0 Å². The second-order valence-corrected chi connectivity index (χ2v) is 3.86. The van der Waals surface area contributed by atoms with Gasteiger partial charge in [-0.1, -0.05) is 39.5 Å². The fraction of sp³-hybridized carbons (Fsp3) is 0.818. The summed E-state index contributed by atoms with van der Waals surface area (Å²) in [7, 11) is 0. The summed E-state index contributed by atoms with van der Waals surface area (Å²) in [5, 5.41) is 21.8. The summed E-state index contributed by atoms with van der Waals surface area (Å²) < 4.78 is 0. The maximum Gasteiger partial charge on any atom is 1.00 e. The summed E-state index contributed by atoms with van der Waals surface area (Å²) in [6.07, 6.45) is 3.02. The molecule has 6 heteroatoms. The van der Waals surface area contributed by atoms with E-state index in [1.54, 1.807) is 6.92 Å². The van der Waals surface area contributed by atoms with Gasteiger partial charge in [-0.05, 0) is 12.8 Å². The van der Waals surface area contributed by atoms with Crippen LogP contribution in [0.1, 0.15) is 52.4 Å². The van der Waals surface area contributed by atoms with Gasteiger partial charge in [0.1, 0.15) is 0 Å². The number of hydrogen-bond donors (Lipinski definition) is 0. The number of carbonyl (C=O) groups is 2. The first-order chi connectivity index (χ1) is 7.01. The molecule has 0 saturated heterocycles. The third-order valence-corrected chi connectivity index (χ3v) is 2.67. The molecule has 0 aliphatic rings. The van der Waals surface area contributed by atoms with Crippen molar-refractivity contribution < 1.29 is 123 Å². The summed E-state index contributed by atoms with van der Waals surface area (Å²) in [4.78, 5) is 21.8. The molecule has 0 aromatic rings. The van der Waals surface area contributed by atoms with Gasteiger partial charge in [-0.15, -0.1) is 0 Å². The van der Waals surface area contributed by atoms with Gasteiger partial charge < -0.3 is 19.8 Å². The molecule has 0 aromatic carbocycles. The summed E-state index contributed by atoms with van der Waals surface area (Å²) in [6.45, 7) is 3.72. The molecule has 0 bridgehead atoms. The molecule has 0 spiro atoms. The average Bonchev–Trinajstić information content (AvgIpc) is 2.15. The van der Waals surface area contributed by atoms with E-state index in [0.717, 1.165) is 12.8 Å². The van der Waals surface area contributed by atoms with Gasteiger partial charge in [-0.25, -0.2) is 0 Å². The summed E-state index contributed by atoms with van der Waals surface area (Å²) in [5.41, 5.74) is -1.79. The van der Waals surface area contributed by atoms with Crippen LogP contribution in [0.15, 0.2) is 0 Å². The standard InChI is InChI=1S/C11H20O4.2K/c1-3-5-6-8-11(7-4-2,9(12)13)10(14)15;;/h3-8H2,1-2H3,(H,12,13)(H,14,15);;/q;2*+1/p-2. The second kappa shape index (κ2) is 13.2. The SMILES string of the molecule is CCCCCC(CCC)(C(=O)[O-])C(=O)[O-].[K+].[K+]. The largest absolute Gasteiger partial charge is 1.00 e. The normalized spacial score (nSPS) is 10.0. The van der Waals surface area contributed by atoms with Crippen molar-refractivity contribution in [2.75, 3.05) is 0 Å². The van der Waals surface area contributed by atoms with Crippen LogP contribution >= 0.6 is 0 Å². The Bertz CT molecular complexity index is 218. The minimum absolute atomic E-state index is 0. The van der Waals surface area contributed by atoms with Gasteiger partial charge in [0.05, 0.1) is 11.9 Å². The zero-order valence-electron chi connectivity index (χ0n) is 11.4. The maximum absolute atomic E-state index is 10.9. The van der Waals surface area contributed by atoms with Crippen molar-refractivity contribution in [1.82, 2.24) is 0 Å². The van der Waals surface area contributed by atoms with E-state index in [9.17, 15) is 19.8 Å². The quantitative estimate of drug-likeness (QED) is 0.253. The van der Waals surface area contributed by atoms with Crippen molar-refractivity contribution in [3.8, 4) is 0 Å². The van der Waals surface area contributed by atoms with Crippen LogP contribution in [0.3, 0.4) is 0 Å². The molecule has 0 N–H and O–H groups in total. The Balaban J connectivity index is -0.000000980. The molecule has 0 rings (SSSR count). The summed E-state index contributed by atoms with van der Waals surface area (Å²) >= 11 is 0. The van der Waals surface area contributed by atoms with Crippen LogP contribution in [-0.2, 0) is 9.59 Å². The molecule has 0 aliphatic heterocycles. The first kappa shape index (κ1) is 24.2. The number of hydrogen-bond acceptors (Lipinski definition) is 4. The van der Waals surface area contributed by atoms with Crippen LogP contribution in [0.25, 0.3) is 0 Å². The first-order valence-electron chi connectivity index (χ1n) is 5.44. The molecule has 88 valence electrons. The topological polar surface area (TPSA) is 80.3 Å². The third-order valence-electron chi connectivity index (χ3n) is 2.67. The Labute approximate surface area is 188 Å². The van der Waals surface area contributed by atoms with Crippen molar-refractivity contribution in [3.63, 3.8) is 0 Å². The summed E-state index contributed by atoms with van der Waals surface area (Å²) in [6, 6.07) is 0. The number of unbranched alkanes of at least 4 members (excludes halogenated alkanes) is 2. The number of rotatable bonds is 8. The smallest absolute Gasteiger partial charge is 0.549 e. The van der Waals surface area contributed by atoms with Gasteiger partial charge in [0, 0.05) is 5.41 Å². The van der Waals surface area contributed by atoms with Gasteiger partial charge in [-0.2, -0.15) is 0 Å². The van der Waals surface area contributed by atoms with Crippen molar-refractivity contribution in [1.29, 1.82) is 0 Å². The van der Waals surface area contributed by atoms with E-state index in [1.165, 1.54) is 0 Å². The molecule has 17 heavy (non-hydrogen) atoms. The molecule has 0 saturated carbocycles. The monoisotopic (exact) mass is 292 g/mol. The molecule has 0 aromatic heterocycles. The van der Waals surface area contributed by atoms with Crippen molar-refractivity contribution in [2.24, 2.45) is 5.41 Å². The number of aliphatic carboxylic acids is 2. The molecular weight excluding hydrogens is 274 g/mol. The van der Waals surface area contributed by atoms with Crippen molar-refractivity contribution >= 4 is 11.9 Å². The third kappa shape index (κ3) is 8.17. The number of carbonyl (C=O) groups excluding carboxylic acids is 2. The predicted octanol–water partition coefficient (Wildman–Crippen LogP) is -6.14. The van der Waals surface area contributed by atoms with Crippen LogP contribution in [0.5, 0.6) is 0 Å². The minimum atomic E-state index is -1.79. The fourth-order valence-electron chi connectivity index (χ4n) is 1.72. The first-order valence-corrected chi connectivity index (χ1v) is 5.44. The Morgan fingerprint density at radius 2 is 1.35 bits per heavy atom. The van der Waals surface area contributed by atoms with Crippen LogP contribution in [0.4, 0.5) is 0 Å². The van der Waals surface area contributed by atoms with E-state index < -0.39 is 17.4 Å². The molecule has 0 radical (unpaired) electrons. The molecule has 0 heterocycles. The minimum Gasteiger partial charge on any atom is -0.549 e. The van der Waals surface area contributed by atoms with E-state index in [4.69, 9.17) is 0 Å². The van der Waals surface area contributed by atoms with Gasteiger partial charge >= 0.3 is 103 Å². The molecule has 4 nitrogen and oxygen atoms in total. The zero-order valence-corrected chi connectivity index (χ0v) is 17.6. The Hall–Kier alpha value is 2.21. The summed E-state index contributed by atoms with van der Waals surface area (Å²) in [5.74, 6) is -3.03. The molecule has 0 amide bonds. The predicted molar refractivity (Wildman–Crippen MR) is 51.5 cm³/mol. The van der Waals surface area contributed by atoms with Crippen LogP contribution in [-0.4, -0.2) is 11.9 Å². The van der Waals surface area contributed by atoms with Gasteiger partial charge in [0.2, 0.25) is 0 Å². The zero-order chi connectivity index (χ0) is 11.9. The van der Waals surface area contributed by atoms with Crippen LogP contribution in [0, 0.1) is 5.41 Å². The van der Waals surface area contributed by atoms with E-state index in [-0.39, 0.29) is 116 Å². The average molecular weight is 292 g/mol. The van der Waals surface area contributed by atoms with Gasteiger partial charge in [-0.3, -0.25) is 0 Å². The molecule has 0 aliphatic carbocycles. The van der Waals surface area contributed by atoms with Gasteiger partial charge in [0.15, 0.2) is 0 Å². The van der Waals surface area contributed by atoms with Crippen molar-refractivity contribution in [3.05, 3.63) is 0 Å². The fourth-order valence-corrected chi connectivity index (χ4v) is 1.72. The van der Waals surface area contributed by atoms with Crippen LogP contribution < -0.4 is 113 Å². The van der Waals surface area contributed by atoms with Gasteiger partial charge in [0.25, 0.3) is 0 Å². The van der Waals surface area contributed by atoms with Crippen molar-refractivity contribution in [2.45, 2.75) is 52.4 Å². The molecular formula is C11H18K2O4. The second-order valence-electron chi connectivity index (χ2n) is 3.86. The van der Waals surface area contributed by atoms with E-state index in [2.05, 4.69) is 0 Å². The number of carboxylic acid groups (broad SMARTS) is 2. The van der Waals surface area contributed by atoms with Crippen LogP contribution in [0.2, 0.25) is 0 Å².